The Morgan fingerprint density at radius 2 is 1.78 bits per heavy atom. The predicted molar refractivity (Wildman–Crippen MR) is 128 cm³/mol. The van der Waals surface area contributed by atoms with Gasteiger partial charge in [0.1, 0.15) is 0 Å². The molecule has 1 fully saturated rings. The minimum absolute atomic E-state index is 0.100. The van der Waals surface area contributed by atoms with Gasteiger partial charge in [-0.1, -0.05) is 43.9 Å². The summed E-state index contributed by atoms with van der Waals surface area (Å²) in [5, 5.41) is 2.11. The predicted octanol–water partition coefficient (Wildman–Crippen LogP) is 5.74. The Bertz CT molecular complexity index is 1310. The van der Waals surface area contributed by atoms with Gasteiger partial charge in [-0.3, -0.25) is 9.48 Å². The van der Waals surface area contributed by atoms with Crippen LogP contribution in [0.4, 0.5) is 5.69 Å². The van der Waals surface area contributed by atoms with Gasteiger partial charge < -0.3 is 8.98 Å². The van der Waals surface area contributed by atoms with E-state index in [0.29, 0.717) is 11.7 Å². The van der Waals surface area contributed by atoms with Crippen LogP contribution in [0.25, 0.3) is 17.1 Å². The summed E-state index contributed by atoms with van der Waals surface area (Å²) in [6, 6.07) is 14.0. The Labute approximate surface area is 191 Å². The zero-order valence-electron chi connectivity index (χ0n) is 18.5. The molecule has 4 aromatic rings. The average molecular weight is 449 g/mol. The molecule has 1 aliphatic carbocycles. The fourth-order valence-corrected chi connectivity index (χ4v) is 5.61. The molecule has 0 radical (unpaired) electrons. The molecule has 1 aromatic carbocycles. The Hall–Kier alpha value is -3.06. The van der Waals surface area contributed by atoms with E-state index in [1.165, 1.54) is 25.7 Å². The van der Waals surface area contributed by atoms with Crippen LogP contribution in [0, 0.1) is 6.92 Å². The number of thiazole rings is 1. The minimum Gasteiger partial charge on any atom is -0.463 e. The number of hydrogen-bond acceptors (Lipinski definition) is 4. The third-order valence-electron chi connectivity index (χ3n) is 6.44. The van der Waals surface area contributed by atoms with Crippen molar-refractivity contribution in [3.8, 4) is 17.1 Å². The van der Waals surface area contributed by atoms with Gasteiger partial charge in [-0.25, -0.2) is 9.67 Å². The third-order valence-corrected chi connectivity index (χ3v) is 7.28. The molecule has 1 aliphatic rings. The van der Waals surface area contributed by atoms with Gasteiger partial charge in [0.2, 0.25) is 0 Å². The molecule has 3 aromatic heterocycles. The molecule has 5 rings (SSSR count). The van der Waals surface area contributed by atoms with Crippen LogP contribution in [0.1, 0.15) is 50.3 Å². The molecular formula is C25H28N4O2S. The van der Waals surface area contributed by atoms with E-state index in [1.54, 1.807) is 22.3 Å². The molecule has 1 saturated carbocycles. The molecular weight excluding hydrogens is 420 g/mol. The van der Waals surface area contributed by atoms with Crippen molar-refractivity contribution in [1.82, 2.24) is 13.9 Å². The number of para-hydroxylation sites is 1. The zero-order valence-corrected chi connectivity index (χ0v) is 19.3. The first kappa shape index (κ1) is 20.8. The van der Waals surface area contributed by atoms with Crippen LogP contribution in [0.15, 0.2) is 68.3 Å². The Kier molecular flexibility index (Phi) is 5.74. The summed E-state index contributed by atoms with van der Waals surface area (Å²) in [5.41, 5.74) is 3.12. The quantitative estimate of drug-likeness (QED) is 0.374. The van der Waals surface area contributed by atoms with E-state index < -0.39 is 0 Å². The van der Waals surface area contributed by atoms with E-state index >= 15 is 0 Å². The Balaban J connectivity index is 1.69. The van der Waals surface area contributed by atoms with Gasteiger partial charge in [0.05, 0.1) is 23.3 Å². The van der Waals surface area contributed by atoms with Crippen molar-refractivity contribution in [2.24, 2.45) is 12.0 Å². The van der Waals surface area contributed by atoms with Crippen LogP contribution in [0.2, 0.25) is 0 Å². The van der Waals surface area contributed by atoms with Crippen LogP contribution in [0.3, 0.4) is 0 Å². The summed E-state index contributed by atoms with van der Waals surface area (Å²) in [4.78, 5) is 19.2. The molecule has 32 heavy (non-hydrogen) atoms. The van der Waals surface area contributed by atoms with Crippen molar-refractivity contribution in [2.45, 2.75) is 51.5 Å². The molecule has 0 bridgehead atoms. The number of furan rings is 1. The molecule has 0 amide bonds. The normalized spacial score (nSPS) is 15.9. The maximum atomic E-state index is 13.4. The van der Waals surface area contributed by atoms with E-state index in [1.807, 2.05) is 61.1 Å². The van der Waals surface area contributed by atoms with Gasteiger partial charge in [0, 0.05) is 18.5 Å². The second kappa shape index (κ2) is 8.82. The lowest BCUT2D eigenvalue weighted by atomic mass is 10.1. The van der Waals surface area contributed by atoms with Crippen LogP contribution < -0.4 is 10.4 Å². The van der Waals surface area contributed by atoms with E-state index in [2.05, 4.69) is 9.95 Å². The van der Waals surface area contributed by atoms with Crippen LogP contribution >= 0.6 is 11.3 Å². The highest BCUT2D eigenvalue weighted by Crippen LogP contribution is 2.32. The number of rotatable bonds is 4. The molecule has 0 saturated heterocycles. The first-order chi connectivity index (χ1) is 15.6. The Morgan fingerprint density at radius 3 is 2.47 bits per heavy atom. The highest BCUT2D eigenvalue weighted by molar-refractivity contribution is 7.07. The number of benzene rings is 1. The van der Waals surface area contributed by atoms with E-state index in [-0.39, 0.29) is 5.56 Å². The molecule has 0 atom stereocenters. The summed E-state index contributed by atoms with van der Waals surface area (Å²) >= 11 is 1.58. The molecule has 7 heteroatoms. The second-order valence-electron chi connectivity index (χ2n) is 8.42. The largest absolute Gasteiger partial charge is 0.463 e. The zero-order chi connectivity index (χ0) is 22.1. The van der Waals surface area contributed by atoms with Gasteiger partial charge in [-0.15, -0.1) is 11.3 Å². The van der Waals surface area contributed by atoms with Crippen molar-refractivity contribution in [2.75, 3.05) is 0 Å². The van der Waals surface area contributed by atoms with Gasteiger partial charge >= 0.3 is 0 Å². The van der Waals surface area contributed by atoms with Crippen LogP contribution in [-0.4, -0.2) is 13.9 Å². The SMILES string of the molecule is Cc1c(N=c2scc(-c3ccco3)n2C2CCCCCC2)c(=O)n(-c2ccccc2)n1C. The lowest BCUT2D eigenvalue weighted by molar-refractivity contribution is 0.434. The molecule has 3 heterocycles. The summed E-state index contributed by atoms with van der Waals surface area (Å²) in [6.45, 7) is 1.96. The van der Waals surface area contributed by atoms with Gasteiger partial charge in [-0.2, -0.15) is 0 Å². The number of aromatic nitrogens is 3. The smallest absolute Gasteiger partial charge is 0.297 e. The van der Waals surface area contributed by atoms with Crippen molar-refractivity contribution in [3.05, 3.63) is 75.0 Å². The fourth-order valence-electron chi connectivity index (χ4n) is 4.65. The van der Waals surface area contributed by atoms with Crippen molar-refractivity contribution < 1.29 is 4.42 Å². The second-order valence-corrected chi connectivity index (χ2v) is 9.25. The Morgan fingerprint density at radius 1 is 1.03 bits per heavy atom. The molecule has 0 N–H and O–H groups in total. The molecule has 0 unspecified atom stereocenters. The first-order valence-electron chi connectivity index (χ1n) is 11.3. The lowest BCUT2D eigenvalue weighted by Crippen LogP contribution is -2.22. The molecule has 6 nitrogen and oxygen atoms in total. The fraction of sp³-hybridized carbons (Fsp3) is 0.360. The highest BCUT2D eigenvalue weighted by atomic mass is 32.1. The van der Waals surface area contributed by atoms with Gasteiger partial charge in [-0.05, 0) is 44.0 Å². The number of nitrogens with zero attached hydrogens (tertiary/aromatic N) is 4. The first-order valence-corrected chi connectivity index (χ1v) is 12.2. The molecule has 0 aliphatic heterocycles. The molecule has 166 valence electrons. The summed E-state index contributed by atoms with van der Waals surface area (Å²) in [7, 11) is 1.91. The minimum atomic E-state index is -0.100. The number of hydrogen-bond donors (Lipinski definition) is 0. The van der Waals surface area contributed by atoms with Crippen molar-refractivity contribution in [1.29, 1.82) is 0 Å². The standard InChI is InChI=1S/C25H28N4O2S/c1-18-23(24(30)29(27(18)2)20-13-8-5-9-14-20)26-25-28(19-11-6-3-4-7-12-19)21(17-32-25)22-15-10-16-31-22/h5,8-10,13-17,19H,3-4,6-7,11-12H2,1-2H3. The summed E-state index contributed by atoms with van der Waals surface area (Å²) < 4.78 is 11.6. The van der Waals surface area contributed by atoms with Gasteiger partial charge in [0.15, 0.2) is 16.2 Å². The highest BCUT2D eigenvalue weighted by Gasteiger charge is 2.22. The average Bonchev–Trinajstić information content (AvgIpc) is 3.46. The van der Waals surface area contributed by atoms with E-state index in [4.69, 9.17) is 9.41 Å². The third kappa shape index (κ3) is 3.71. The topological polar surface area (TPSA) is 57.4 Å². The van der Waals surface area contributed by atoms with E-state index in [0.717, 1.165) is 40.5 Å². The van der Waals surface area contributed by atoms with Crippen molar-refractivity contribution >= 4 is 17.0 Å². The maximum absolute atomic E-state index is 13.4. The summed E-state index contributed by atoms with van der Waals surface area (Å²) in [5.74, 6) is 0.846. The maximum Gasteiger partial charge on any atom is 0.297 e. The van der Waals surface area contributed by atoms with Crippen LogP contribution in [0.5, 0.6) is 0 Å². The van der Waals surface area contributed by atoms with E-state index in [9.17, 15) is 4.79 Å². The lowest BCUT2D eigenvalue weighted by Gasteiger charge is -2.18. The van der Waals surface area contributed by atoms with Crippen molar-refractivity contribution in [3.63, 3.8) is 0 Å². The summed E-state index contributed by atoms with van der Waals surface area (Å²) in [6.07, 6.45) is 8.96. The molecule has 0 spiro atoms. The monoisotopic (exact) mass is 448 g/mol. The van der Waals surface area contributed by atoms with Gasteiger partial charge in [0.25, 0.3) is 5.56 Å². The van der Waals surface area contributed by atoms with Crippen LogP contribution in [-0.2, 0) is 7.05 Å².